The molecule has 2 fully saturated rings. The van der Waals surface area contributed by atoms with Crippen LogP contribution in [0.4, 0.5) is 30.6 Å². The molecule has 164 valence electrons. The van der Waals surface area contributed by atoms with Gasteiger partial charge in [0.15, 0.2) is 23.3 Å². The van der Waals surface area contributed by atoms with E-state index in [2.05, 4.69) is 20.2 Å². The fraction of sp³-hybridized carbons (Fsp3) is 0.476. The molecule has 1 N–H and O–H groups in total. The lowest BCUT2D eigenvalue weighted by Crippen LogP contribution is -2.51. The average molecular weight is 433 g/mol. The van der Waals surface area contributed by atoms with Crippen LogP contribution in [-0.4, -0.2) is 47.2 Å². The zero-order valence-electron chi connectivity index (χ0n) is 16.9. The number of benzene rings is 1. The van der Waals surface area contributed by atoms with Gasteiger partial charge in [-0.15, -0.1) is 0 Å². The zero-order chi connectivity index (χ0) is 21.7. The molecule has 0 unspecified atom stereocenters. The number of carbonyl (C=O) groups is 1. The molecular formula is C21H22F3N5O2. The number of anilines is 3. The van der Waals surface area contributed by atoms with E-state index < -0.39 is 17.5 Å². The van der Waals surface area contributed by atoms with E-state index in [0.717, 1.165) is 43.0 Å². The summed E-state index contributed by atoms with van der Waals surface area (Å²) in [5.74, 6) is -2.74. The summed E-state index contributed by atoms with van der Waals surface area (Å²) in [5.41, 5.74) is 0.728. The number of nitrogens with zero attached hydrogens (tertiary/aromatic N) is 4. The molecular weight excluding hydrogens is 411 g/mol. The number of hydrogen-bond donors (Lipinski definition) is 1. The molecule has 1 aliphatic carbocycles. The lowest BCUT2D eigenvalue weighted by molar-refractivity contribution is -0.119. The largest absolute Gasteiger partial charge is 0.490 e. The molecule has 1 aromatic heterocycles. The second-order valence-corrected chi connectivity index (χ2v) is 8.09. The summed E-state index contributed by atoms with van der Waals surface area (Å²) >= 11 is 0. The molecule has 5 rings (SSSR count). The second kappa shape index (κ2) is 7.58. The number of hydrogen-bond acceptors (Lipinski definition) is 6. The van der Waals surface area contributed by atoms with Crippen LogP contribution in [0.25, 0.3) is 0 Å². The minimum atomic E-state index is -1.51. The first-order chi connectivity index (χ1) is 14.9. The summed E-state index contributed by atoms with van der Waals surface area (Å²) in [5, 5.41) is 3.26. The van der Waals surface area contributed by atoms with Crippen LogP contribution >= 0.6 is 0 Å². The van der Waals surface area contributed by atoms with Gasteiger partial charge in [0, 0.05) is 44.1 Å². The topological polar surface area (TPSA) is 70.6 Å². The van der Waals surface area contributed by atoms with Gasteiger partial charge in [-0.05, 0) is 19.8 Å². The minimum absolute atomic E-state index is 0.0331. The van der Waals surface area contributed by atoms with E-state index in [9.17, 15) is 18.0 Å². The molecule has 2 aliphatic heterocycles. The van der Waals surface area contributed by atoms with Gasteiger partial charge in [-0.3, -0.25) is 4.79 Å². The van der Waals surface area contributed by atoms with Crippen molar-refractivity contribution in [3.63, 3.8) is 0 Å². The van der Waals surface area contributed by atoms with Crippen molar-refractivity contribution in [2.75, 3.05) is 28.2 Å². The van der Waals surface area contributed by atoms with Crippen LogP contribution in [0.2, 0.25) is 0 Å². The van der Waals surface area contributed by atoms with Gasteiger partial charge < -0.3 is 19.9 Å². The van der Waals surface area contributed by atoms with Gasteiger partial charge in [0.2, 0.25) is 11.9 Å². The second-order valence-electron chi connectivity index (χ2n) is 8.09. The Morgan fingerprint density at radius 1 is 1.23 bits per heavy atom. The molecule has 10 heteroatoms. The summed E-state index contributed by atoms with van der Waals surface area (Å²) in [4.78, 5) is 25.5. The third-order valence-electron chi connectivity index (χ3n) is 6.12. The number of carbonyl (C=O) groups excluding carboxylic acids is 1. The van der Waals surface area contributed by atoms with Crippen LogP contribution in [0.1, 0.15) is 32.6 Å². The fourth-order valence-electron chi connectivity index (χ4n) is 4.49. The number of aromatic nitrogens is 2. The highest BCUT2D eigenvalue weighted by Crippen LogP contribution is 2.39. The Morgan fingerprint density at radius 2 is 1.97 bits per heavy atom. The molecule has 1 saturated heterocycles. The standard InChI is InChI=1S/C21H22F3N5O2/c1-2-28-17-10-25-21(27-19(17)29-5-3-4-16(29)20(28)30)26-11-6-12(7-11)31-13-8-14(22)18(24)15(23)9-13/h8-12,16H,2-7H2,1H3,(H,25,26,27)/t11-,12-,16-/m1/s1. The average Bonchev–Trinajstić information content (AvgIpc) is 3.21. The van der Waals surface area contributed by atoms with Crippen molar-refractivity contribution in [1.29, 1.82) is 0 Å². The first-order valence-corrected chi connectivity index (χ1v) is 10.5. The smallest absolute Gasteiger partial charge is 0.249 e. The van der Waals surface area contributed by atoms with E-state index in [1.165, 1.54) is 0 Å². The molecule has 31 heavy (non-hydrogen) atoms. The van der Waals surface area contributed by atoms with Gasteiger partial charge in [-0.1, -0.05) is 0 Å². The Balaban J connectivity index is 1.25. The molecule has 2 aromatic rings. The van der Waals surface area contributed by atoms with E-state index in [-0.39, 0.29) is 29.8 Å². The van der Waals surface area contributed by atoms with E-state index in [1.807, 2.05) is 6.92 Å². The number of amides is 1. The Kier molecular flexibility index (Phi) is 4.86. The van der Waals surface area contributed by atoms with Crippen LogP contribution in [0, 0.1) is 17.5 Å². The van der Waals surface area contributed by atoms with E-state index >= 15 is 0 Å². The predicted octanol–water partition coefficient (Wildman–Crippen LogP) is 3.25. The highest BCUT2D eigenvalue weighted by molar-refractivity contribution is 6.05. The lowest BCUT2D eigenvalue weighted by atomic mass is 9.89. The third-order valence-corrected chi connectivity index (χ3v) is 6.12. The number of halogens is 3. The quantitative estimate of drug-likeness (QED) is 0.730. The Morgan fingerprint density at radius 3 is 2.68 bits per heavy atom. The maximum absolute atomic E-state index is 13.3. The van der Waals surface area contributed by atoms with Crippen molar-refractivity contribution < 1.29 is 22.7 Å². The molecule has 1 saturated carbocycles. The predicted molar refractivity (Wildman–Crippen MR) is 108 cm³/mol. The van der Waals surface area contributed by atoms with Gasteiger partial charge in [0.25, 0.3) is 0 Å². The molecule has 0 spiro atoms. The summed E-state index contributed by atoms with van der Waals surface area (Å²) < 4.78 is 45.3. The van der Waals surface area contributed by atoms with E-state index in [0.29, 0.717) is 25.3 Å². The molecule has 0 bridgehead atoms. The number of rotatable bonds is 5. The van der Waals surface area contributed by atoms with Crippen LogP contribution in [-0.2, 0) is 4.79 Å². The Labute approximate surface area is 177 Å². The fourth-order valence-corrected chi connectivity index (χ4v) is 4.49. The number of likely N-dealkylation sites (N-methyl/N-ethyl adjacent to an activating group) is 1. The maximum Gasteiger partial charge on any atom is 0.249 e. The van der Waals surface area contributed by atoms with Crippen LogP contribution in [0.3, 0.4) is 0 Å². The first-order valence-electron chi connectivity index (χ1n) is 10.5. The summed E-state index contributed by atoms with van der Waals surface area (Å²) in [7, 11) is 0. The molecule has 3 aliphatic rings. The summed E-state index contributed by atoms with van der Waals surface area (Å²) in [6.07, 6.45) is 4.40. The third kappa shape index (κ3) is 3.43. The minimum Gasteiger partial charge on any atom is -0.490 e. The highest BCUT2D eigenvalue weighted by atomic mass is 19.2. The van der Waals surface area contributed by atoms with Crippen molar-refractivity contribution in [3.05, 3.63) is 35.8 Å². The van der Waals surface area contributed by atoms with Crippen molar-refractivity contribution >= 4 is 23.4 Å². The number of ether oxygens (including phenoxy) is 1. The maximum atomic E-state index is 13.3. The number of nitrogens with one attached hydrogen (secondary N) is 1. The van der Waals surface area contributed by atoms with Gasteiger partial charge in [-0.2, -0.15) is 4.98 Å². The Bertz CT molecular complexity index is 1010. The van der Waals surface area contributed by atoms with Gasteiger partial charge in [0.05, 0.1) is 6.20 Å². The molecule has 0 radical (unpaired) electrons. The molecule has 1 aromatic carbocycles. The van der Waals surface area contributed by atoms with Crippen LogP contribution in [0.15, 0.2) is 18.3 Å². The van der Waals surface area contributed by atoms with Crippen molar-refractivity contribution in [1.82, 2.24) is 9.97 Å². The summed E-state index contributed by atoms with van der Waals surface area (Å²) in [6.45, 7) is 3.30. The van der Waals surface area contributed by atoms with Gasteiger partial charge >= 0.3 is 0 Å². The molecule has 3 heterocycles. The van der Waals surface area contributed by atoms with Crippen molar-refractivity contribution in [2.45, 2.75) is 50.8 Å². The van der Waals surface area contributed by atoms with Crippen LogP contribution < -0.4 is 19.9 Å². The SMILES string of the molecule is CCN1C(=O)[C@H]2CCCN2c2nc(N[C@H]3C[C@H](Oc4cc(F)c(F)c(F)c4)C3)ncc21. The first kappa shape index (κ1) is 19.9. The van der Waals surface area contributed by atoms with Crippen LogP contribution in [0.5, 0.6) is 5.75 Å². The summed E-state index contributed by atoms with van der Waals surface area (Å²) in [6, 6.07) is 1.58. The molecule has 1 atom stereocenters. The molecule has 7 nitrogen and oxygen atoms in total. The van der Waals surface area contributed by atoms with E-state index in [1.54, 1.807) is 11.1 Å². The van der Waals surface area contributed by atoms with Gasteiger partial charge in [-0.25, -0.2) is 18.2 Å². The van der Waals surface area contributed by atoms with Gasteiger partial charge in [0.1, 0.15) is 23.6 Å². The van der Waals surface area contributed by atoms with E-state index in [4.69, 9.17) is 4.74 Å². The Hall–Kier alpha value is -3.04. The monoisotopic (exact) mass is 433 g/mol. The lowest BCUT2D eigenvalue weighted by Gasteiger charge is -2.39. The molecule has 1 amide bonds. The van der Waals surface area contributed by atoms with Crippen molar-refractivity contribution in [3.8, 4) is 5.75 Å². The highest BCUT2D eigenvalue weighted by Gasteiger charge is 2.42. The normalized spacial score (nSPS) is 24.5. The number of fused-ring (bicyclic) bond motifs is 3. The zero-order valence-corrected chi connectivity index (χ0v) is 16.9. The van der Waals surface area contributed by atoms with Crippen molar-refractivity contribution in [2.24, 2.45) is 0 Å².